The number of aromatic nitrogens is 2. The fraction of sp³-hybridized carbons (Fsp3) is 0.261. The zero-order valence-electron chi connectivity index (χ0n) is 18.9. The van der Waals surface area contributed by atoms with E-state index in [9.17, 15) is 0 Å². The molecule has 0 saturated carbocycles. The third-order valence-electron chi connectivity index (χ3n) is 4.81. The summed E-state index contributed by atoms with van der Waals surface area (Å²) in [5, 5.41) is 7.01. The highest BCUT2D eigenvalue weighted by molar-refractivity contribution is 6.32. The van der Waals surface area contributed by atoms with Crippen molar-refractivity contribution in [2.45, 2.75) is 33.2 Å². The Morgan fingerprint density at radius 1 is 1.34 bits per heavy atom. The van der Waals surface area contributed by atoms with Gasteiger partial charge in [0.15, 0.2) is 11.7 Å². The molecule has 3 rings (SSSR count). The first-order chi connectivity index (χ1) is 15.2. The second-order valence-electron chi connectivity index (χ2n) is 7.64. The van der Waals surface area contributed by atoms with Crippen LogP contribution in [0.2, 0.25) is 5.02 Å². The fourth-order valence-electron chi connectivity index (χ4n) is 3.18. The predicted octanol–water partition coefficient (Wildman–Crippen LogP) is 4.85. The number of amidine groups is 2. The monoisotopic (exact) mass is 450 g/mol. The van der Waals surface area contributed by atoms with Crippen molar-refractivity contribution in [1.82, 2.24) is 15.3 Å². The number of anilines is 3. The highest BCUT2D eigenvalue weighted by Crippen LogP contribution is 2.32. The molecule has 166 valence electrons. The van der Waals surface area contributed by atoms with Crippen LogP contribution in [0.1, 0.15) is 32.2 Å². The van der Waals surface area contributed by atoms with E-state index in [0.29, 0.717) is 34.2 Å². The van der Waals surface area contributed by atoms with E-state index in [4.69, 9.17) is 16.6 Å². The van der Waals surface area contributed by atoms with Gasteiger partial charge in [0.2, 0.25) is 0 Å². The highest BCUT2D eigenvalue weighted by atomic mass is 35.5. The summed E-state index contributed by atoms with van der Waals surface area (Å²) in [6.45, 7) is 15.3. The van der Waals surface area contributed by atoms with Gasteiger partial charge >= 0.3 is 0 Å². The average molecular weight is 451 g/mol. The van der Waals surface area contributed by atoms with Crippen molar-refractivity contribution in [3.05, 3.63) is 66.0 Å². The average Bonchev–Trinajstić information content (AvgIpc) is 2.74. The van der Waals surface area contributed by atoms with Crippen LogP contribution in [0.15, 0.2) is 64.6 Å². The summed E-state index contributed by atoms with van der Waals surface area (Å²) < 4.78 is 0. The normalized spacial score (nSPS) is 15.7. The van der Waals surface area contributed by atoms with Gasteiger partial charge in [-0.2, -0.15) is 0 Å². The maximum absolute atomic E-state index is 6.26. The maximum Gasteiger partial charge on any atom is 0.154 e. The number of aryl methyl sites for hydroxylation is 1. The van der Waals surface area contributed by atoms with E-state index in [1.807, 2.05) is 57.8 Å². The van der Waals surface area contributed by atoms with Gasteiger partial charge in [-0.3, -0.25) is 4.99 Å². The molecule has 1 aromatic carbocycles. The number of hydrogen-bond donors (Lipinski definition) is 2. The zero-order valence-corrected chi connectivity index (χ0v) is 19.7. The number of hydrogen-bond acceptors (Lipinski definition) is 6. The lowest BCUT2D eigenvalue weighted by molar-refractivity contribution is 0.689. The smallest absolute Gasteiger partial charge is 0.154 e. The molecule has 0 unspecified atom stereocenters. The first kappa shape index (κ1) is 23.1. The molecule has 0 bridgehead atoms. The highest BCUT2D eigenvalue weighted by Gasteiger charge is 2.29. The topological polar surface area (TPSA) is 90.2 Å². The molecule has 1 aliphatic heterocycles. The molecule has 9 heteroatoms. The summed E-state index contributed by atoms with van der Waals surface area (Å²) in [4.78, 5) is 24.1. The third kappa shape index (κ3) is 4.86. The molecule has 1 aromatic heterocycles. The zero-order chi connectivity index (χ0) is 23.5. The maximum atomic E-state index is 6.26. The minimum Gasteiger partial charge on any atom is -0.339 e. The van der Waals surface area contributed by atoms with Gasteiger partial charge in [-0.1, -0.05) is 24.8 Å². The van der Waals surface area contributed by atoms with E-state index in [1.54, 1.807) is 12.4 Å². The number of halogens is 1. The van der Waals surface area contributed by atoms with Crippen LogP contribution in [-0.2, 0) is 0 Å². The lowest BCUT2D eigenvalue weighted by Gasteiger charge is -2.33. The molecule has 8 nitrogen and oxygen atoms in total. The van der Waals surface area contributed by atoms with Crippen LogP contribution >= 0.6 is 11.6 Å². The largest absolute Gasteiger partial charge is 0.339 e. The van der Waals surface area contributed by atoms with Crippen LogP contribution in [0.5, 0.6) is 0 Å². The third-order valence-corrected chi connectivity index (χ3v) is 5.09. The summed E-state index contributed by atoms with van der Waals surface area (Å²) >= 11 is 6.26. The minimum absolute atomic E-state index is 0.440. The van der Waals surface area contributed by atoms with Crippen LogP contribution in [0.3, 0.4) is 0 Å². The van der Waals surface area contributed by atoms with Crippen LogP contribution in [0.4, 0.5) is 17.2 Å². The fourth-order valence-corrected chi connectivity index (χ4v) is 3.32. The van der Waals surface area contributed by atoms with E-state index < -0.39 is 5.54 Å². The quantitative estimate of drug-likeness (QED) is 0.502. The molecule has 0 fully saturated rings. The molecular weight excluding hydrogens is 424 g/mol. The Bertz CT molecular complexity index is 1150. The van der Waals surface area contributed by atoms with Gasteiger partial charge in [-0.05, 0) is 45.9 Å². The van der Waals surface area contributed by atoms with Gasteiger partial charge in [-0.25, -0.2) is 20.0 Å². The second kappa shape index (κ2) is 9.32. The van der Waals surface area contributed by atoms with Gasteiger partial charge in [-0.15, -0.1) is 0 Å². The molecule has 0 spiro atoms. The summed E-state index contributed by atoms with van der Waals surface area (Å²) in [6.07, 6.45) is 4.73. The van der Waals surface area contributed by atoms with Crippen molar-refractivity contribution >= 4 is 46.7 Å². The van der Waals surface area contributed by atoms with Crippen LogP contribution in [-0.4, -0.2) is 40.4 Å². The van der Waals surface area contributed by atoms with Gasteiger partial charge < -0.3 is 15.5 Å². The second-order valence-corrected chi connectivity index (χ2v) is 8.05. The van der Waals surface area contributed by atoms with Gasteiger partial charge in [0.1, 0.15) is 28.0 Å². The number of nitrogens with one attached hydrogen (secondary N) is 2. The van der Waals surface area contributed by atoms with Gasteiger partial charge in [0.05, 0.1) is 11.9 Å². The first-order valence-corrected chi connectivity index (χ1v) is 10.4. The number of rotatable bonds is 5. The molecule has 1 aliphatic rings. The molecule has 2 N–H and O–H groups in total. The number of aliphatic imine (C=N–C) groups is 3. The number of benzene rings is 1. The van der Waals surface area contributed by atoms with E-state index >= 15 is 0 Å². The minimum atomic E-state index is -0.715. The predicted molar refractivity (Wildman–Crippen MR) is 135 cm³/mol. The lowest BCUT2D eigenvalue weighted by atomic mass is 10.0. The van der Waals surface area contributed by atoms with Crippen molar-refractivity contribution in [1.29, 1.82) is 0 Å². The number of nitrogens with zero attached hydrogens (tertiary/aromatic N) is 6. The molecule has 0 atom stereocenters. The van der Waals surface area contributed by atoms with Gasteiger partial charge in [0, 0.05) is 30.7 Å². The SMILES string of the molecule is C=CN=C(N=CC)C(C)(C)N=C1NC(=C)N(C)c2ccc(Nc3nc(C)ncc3Cl)cc21. The van der Waals surface area contributed by atoms with Crippen molar-refractivity contribution in [2.75, 3.05) is 17.3 Å². The van der Waals surface area contributed by atoms with Gasteiger partial charge in [0.25, 0.3) is 0 Å². The molecule has 2 aromatic rings. The van der Waals surface area contributed by atoms with Crippen LogP contribution < -0.4 is 15.5 Å². The lowest BCUT2D eigenvalue weighted by Crippen LogP contribution is -2.41. The molecule has 32 heavy (non-hydrogen) atoms. The Kier molecular flexibility index (Phi) is 6.74. The summed E-state index contributed by atoms with van der Waals surface area (Å²) in [5.41, 5.74) is 1.94. The molecule has 2 heterocycles. The van der Waals surface area contributed by atoms with E-state index in [0.717, 1.165) is 16.9 Å². The Morgan fingerprint density at radius 3 is 2.78 bits per heavy atom. The van der Waals surface area contributed by atoms with Crippen molar-refractivity contribution < 1.29 is 0 Å². The Hall–Kier alpha value is -3.52. The van der Waals surface area contributed by atoms with Crippen molar-refractivity contribution in [3.8, 4) is 0 Å². The van der Waals surface area contributed by atoms with E-state index in [-0.39, 0.29) is 0 Å². The molecule has 0 radical (unpaired) electrons. The van der Waals surface area contributed by atoms with Crippen molar-refractivity contribution in [3.63, 3.8) is 0 Å². The molecule has 0 aliphatic carbocycles. The first-order valence-electron chi connectivity index (χ1n) is 10.0. The molecule has 0 saturated heterocycles. The Morgan fingerprint density at radius 2 is 2.09 bits per heavy atom. The van der Waals surface area contributed by atoms with Crippen LogP contribution in [0, 0.1) is 6.92 Å². The summed E-state index contributed by atoms with van der Waals surface area (Å²) in [6, 6.07) is 5.94. The summed E-state index contributed by atoms with van der Waals surface area (Å²) in [7, 11) is 1.94. The molecule has 0 amide bonds. The summed E-state index contributed by atoms with van der Waals surface area (Å²) in [5.74, 6) is 3.08. The van der Waals surface area contributed by atoms with Crippen molar-refractivity contribution in [2.24, 2.45) is 15.0 Å². The van der Waals surface area contributed by atoms with Crippen LogP contribution in [0.25, 0.3) is 0 Å². The number of fused-ring (bicyclic) bond motifs is 1. The standard InChI is InChI=1S/C23H27ClN8/c1-8-25-22(26-9-2)23(5,6)31-20-17-12-16(10-11-19(17)32(7)15(4)29-20)30-21-18(24)13-27-14(3)28-21/h8-13H,1,4H2,2-3,5-7H3,(H,29,31)(H,27,28,30). The van der Waals surface area contributed by atoms with E-state index in [1.165, 1.54) is 6.20 Å². The Labute approximate surface area is 193 Å². The molecular formula is C23H27ClN8. The Balaban J connectivity index is 2.09. The van der Waals surface area contributed by atoms with E-state index in [2.05, 4.69) is 43.7 Å².